The van der Waals surface area contributed by atoms with Gasteiger partial charge in [0, 0.05) is 12.8 Å². The number of hydrogen-bond acceptors (Lipinski definition) is 4. The molecular weight excluding hydrogens is 332 g/mol. The van der Waals surface area contributed by atoms with Crippen molar-refractivity contribution in [3.8, 4) is 12.3 Å². The lowest BCUT2D eigenvalue weighted by atomic mass is 9.68. The van der Waals surface area contributed by atoms with E-state index in [1.807, 2.05) is 13.8 Å². The highest BCUT2D eigenvalue weighted by atomic mass is 16.5. The standard InChI is InChI=1S/C21H22O5/c1-5-7-15-12-16(9-10-18(15)19(22)25-4)21(14(2)3,20(23)24)13-17-8-6-11-26-17/h1,6,8-12,14H,7,13H2,2-4H3,(H,23,24). The van der Waals surface area contributed by atoms with Crippen molar-refractivity contribution < 1.29 is 23.8 Å². The number of ether oxygens (including phenoxy) is 1. The van der Waals surface area contributed by atoms with E-state index in [1.54, 1.807) is 30.3 Å². The van der Waals surface area contributed by atoms with Gasteiger partial charge in [0.2, 0.25) is 0 Å². The molecule has 0 aliphatic rings. The monoisotopic (exact) mass is 354 g/mol. The van der Waals surface area contributed by atoms with Crippen molar-refractivity contribution in [3.05, 3.63) is 59.0 Å². The third-order valence-electron chi connectivity index (χ3n) is 4.72. The molecule has 0 radical (unpaired) electrons. The minimum Gasteiger partial charge on any atom is -0.481 e. The summed E-state index contributed by atoms with van der Waals surface area (Å²) >= 11 is 0. The van der Waals surface area contributed by atoms with Crippen molar-refractivity contribution in [1.82, 2.24) is 0 Å². The van der Waals surface area contributed by atoms with Crippen molar-refractivity contribution in [1.29, 1.82) is 0 Å². The lowest BCUT2D eigenvalue weighted by molar-refractivity contribution is -0.146. The second-order valence-corrected chi connectivity index (χ2v) is 6.43. The Balaban J connectivity index is 2.64. The number of esters is 1. The zero-order valence-electron chi connectivity index (χ0n) is 15.1. The summed E-state index contributed by atoms with van der Waals surface area (Å²) in [5.74, 6) is 1.41. The van der Waals surface area contributed by atoms with E-state index in [0.717, 1.165) is 0 Å². The maximum absolute atomic E-state index is 12.4. The molecule has 1 aromatic carbocycles. The van der Waals surface area contributed by atoms with E-state index in [1.165, 1.54) is 13.4 Å². The average Bonchev–Trinajstić information content (AvgIpc) is 3.11. The maximum atomic E-state index is 12.4. The van der Waals surface area contributed by atoms with Crippen LogP contribution in [-0.2, 0) is 27.8 Å². The van der Waals surface area contributed by atoms with Crippen LogP contribution in [0.3, 0.4) is 0 Å². The first kappa shape index (κ1) is 19.3. The van der Waals surface area contributed by atoms with Gasteiger partial charge in [-0.1, -0.05) is 26.0 Å². The Labute approximate surface area is 153 Å². The Morgan fingerprint density at radius 1 is 1.35 bits per heavy atom. The summed E-state index contributed by atoms with van der Waals surface area (Å²) in [6.07, 6.45) is 7.34. The first-order chi connectivity index (χ1) is 12.4. The van der Waals surface area contributed by atoms with E-state index in [9.17, 15) is 14.7 Å². The number of carbonyl (C=O) groups is 2. The minimum absolute atomic E-state index is 0.195. The summed E-state index contributed by atoms with van der Waals surface area (Å²) in [7, 11) is 1.29. The molecule has 1 heterocycles. The highest BCUT2D eigenvalue weighted by Crippen LogP contribution is 2.37. The van der Waals surface area contributed by atoms with Crippen molar-refractivity contribution in [3.63, 3.8) is 0 Å². The van der Waals surface area contributed by atoms with E-state index in [4.69, 9.17) is 15.6 Å². The van der Waals surface area contributed by atoms with Crippen molar-refractivity contribution in [2.24, 2.45) is 5.92 Å². The summed E-state index contributed by atoms with van der Waals surface area (Å²) in [5, 5.41) is 10.1. The second-order valence-electron chi connectivity index (χ2n) is 6.43. The van der Waals surface area contributed by atoms with Crippen LogP contribution >= 0.6 is 0 Å². The second kappa shape index (κ2) is 7.92. The molecule has 1 unspecified atom stereocenters. The molecule has 26 heavy (non-hydrogen) atoms. The van der Waals surface area contributed by atoms with Gasteiger partial charge in [-0.2, -0.15) is 0 Å². The van der Waals surface area contributed by atoms with Gasteiger partial charge in [0.15, 0.2) is 0 Å². The predicted octanol–water partition coefficient (Wildman–Crippen LogP) is 3.46. The van der Waals surface area contributed by atoms with E-state index < -0.39 is 17.4 Å². The van der Waals surface area contributed by atoms with Crippen LogP contribution < -0.4 is 0 Å². The third kappa shape index (κ3) is 3.50. The third-order valence-corrected chi connectivity index (χ3v) is 4.72. The number of methoxy groups -OCH3 is 1. The molecule has 0 bridgehead atoms. The Kier molecular flexibility index (Phi) is 5.89. The van der Waals surface area contributed by atoms with Gasteiger partial charge < -0.3 is 14.3 Å². The molecule has 2 rings (SSSR count). The number of aliphatic carboxylic acids is 1. The molecule has 1 aromatic heterocycles. The molecule has 0 fully saturated rings. The predicted molar refractivity (Wildman–Crippen MR) is 96.9 cm³/mol. The largest absolute Gasteiger partial charge is 0.481 e. The summed E-state index contributed by atoms with van der Waals surface area (Å²) in [6.45, 7) is 3.71. The lowest BCUT2D eigenvalue weighted by Crippen LogP contribution is -2.43. The number of carboxylic acids is 1. The zero-order valence-corrected chi connectivity index (χ0v) is 15.1. The normalized spacial score (nSPS) is 13.0. The minimum atomic E-state index is -1.21. The molecule has 0 saturated carbocycles. The van der Waals surface area contributed by atoms with Crippen molar-refractivity contribution in [2.75, 3.05) is 7.11 Å². The Hall–Kier alpha value is -3.00. The maximum Gasteiger partial charge on any atom is 0.338 e. The number of furan rings is 1. The first-order valence-electron chi connectivity index (χ1n) is 8.27. The van der Waals surface area contributed by atoms with Crippen LogP contribution in [0.25, 0.3) is 0 Å². The molecule has 0 saturated heterocycles. The fourth-order valence-corrected chi connectivity index (χ4v) is 3.21. The summed E-state index contributed by atoms with van der Waals surface area (Å²) in [6, 6.07) is 8.42. The Morgan fingerprint density at radius 3 is 2.58 bits per heavy atom. The molecule has 5 heteroatoms. The molecule has 5 nitrogen and oxygen atoms in total. The Morgan fingerprint density at radius 2 is 2.08 bits per heavy atom. The van der Waals surface area contributed by atoms with Gasteiger partial charge in [0.25, 0.3) is 0 Å². The number of rotatable bonds is 7. The van der Waals surface area contributed by atoms with E-state index in [2.05, 4.69) is 5.92 Å². The molecule has 1 N–H and O–H groups in total. The van der Waals surface area contributed by atoms with Crippen LogP contribution in [0.5, 0.6) is 0 Å². The molecular formula is C21H22O5. The highest BCUT2D eigenvalue weighted by Gasteiger charge is 2.44. The lowest BCUT2D eigenvalue weighted by Gasteiger charge is -2.34. The highest BCUT2D eigenvalue weighted by molar-refractivity contribution is 5.92. The SMILES string of the molecule is C#CCc1cc(C(Cc2ccco2)(C(=O)O)C(C)C)ccc1C(=O)OC. The van der Waals surface area contributed by atoms with Crippen LogP contribution in [0.2, 0.25) is 0 Å². The molecule has 136 valence electrons. The summed E-state index contributed by atoms with van der Waals surface area (Å²) in [4.78, 5) is 24.3. The van der Waals surface area contributed by atoms with Crippen LogP contribution in [0.1, 0.15) is 41.1 Å². The summed E-state index contributed by atoms with van der Waals surface area (Å²) < 4.78 is 10.2. The molecule has 1 atom stereocenters. The smallest absolute Gasteiger partial charge is 0.338 e. The van der Waals surface area contributed by atoms with E-state index in [-0.39, 0.29) is 18.8 Å². The van der Waals surface area contributed by atoms with Gasteiger partial charge in [-0.3, -0.25) is 4.79 Å². The van der Waals surface area contributed by atoms with E-state index in [0.29, 0.717) is 22.5 Å². The van der Waals surface area contributed by atoms with Crippen LogP contribution in [0.4, 0.5) is 0 Å². The average molecular weight is 354 g/mol. The van der Waals surface area contributed by atoms with Gasteiger partial charge in [0.05, 0.1) is 18.9 Å². The number of terminal acetylenes is 1. The topological polar surface area (TPSA) is 76.7 Å². The van der Waals surface area contributed by atoms with Crippen molar-refractivity contribution in [2.45, 2.75) is 32.1 Å². The number of benzene rings is 1. The van der Waals surface area contributed by atoms with Gasteiger partial charge in [-0.05, 0) is 35.2 Å². The molecule has 0 aliphatic heterocycles. The molecule has 2 aromatic rings. The Bertz CT molecular complexity index is 827. The van der Waals surface area contributed by atoms with Crippen molar-refractivity contribution >= 4 is 11.9 Å². The number of hydrogen-bond donors (Lipinski definition) is 1. The van der Waals surface area contributed by atoms with Gasteiger partial charge in [-0.25, -0.2) is 4.79 Å². The van der Waals surface area contributed by atoms with Gasteiger partial charge in [-0.15, -0.1) is 12.3 Å². The quantitative estimate of drug-likeness (QED) is 0.609. The van der Waals surface area contributed by atoms with E-state index >= 15 is 0 Å². The van der Waals surface area contributed by atoms with Crippen LogP contribution in [-0.4, -0.2) is 24.2 Å². The van der Waals surface area contributed by atoms with Crippen LogP contribution in [0, 0.1) is 18.3 Å². The van der Waals surface area contributed by atoms with Gasteiger partial charge >= 0.3 is 11.9 Å². The van der Waals surface area contributed by atoms with Crippen LogP contribution in [0.15, 0.2) is 41.0 Å². The number of carboxylic acid groups (broad SMARTS) is 1. The molecule has 0 spiro atoms. The van der Waals surface area contributed by atoms with Gasteiger partial charge in [0.1, 0.15) is 11.2 Å². The summed E-state index contributed by atoms with van der Waals surface area (Å²) in [5.41, 5.74) is 0.280. The first-order valence-corrected chi connectivity index (χ1v) is 8.27. The zero-order chi connectivity index (χ0) is 19.3. The fraction of sp³-hybridized carbons (Fsp3) is 0.333. The molecule has 0 amide bonds. The molecule has 0 aliphatic carbocycles. The number of carbonyl (C=O) groups excluding carboxylic acids is 1. The fourth-order valence-electron chi connectivity index (χ4n) is 3.21.